The lowest BCUT2D eigenvalue weighted by atomic mass is 10.3. The molecule has 0 saturated heterocycles. The average Bonchev–Trinajstić information content (AvgIpc) is 2.15. The average molecular weight is 216 g/mol. The minimum absolute atomic E-state index is 0.176. The number of nitrogens with zero attached hydrogens (tertiary/aromatic N) is 1. The maximum Gasteiger partial charge on any atom is 0.384 e. The van der Waals surface area contributed by atoms with E-state index < -0.39 is 15.4 Å². The molecule has 1 aromatic rings. The highest BCUT2D eigenvalue weighted by molar-refractivity contribution is 8.01. The minimum Gasteiger partial charge on any atom is -0.278 e. The predicted octanol–water partition coefficient (Wildman–Crippen LogP) is 0.374. The van der Waals surface area contributed by atoms with E-state index >= 15 is 0 Å². The van der Waals surface area contributed by atoms with Gasteiger partial charge in [0.2, 0.25) is 0 Å². The first-order valence-corrected chi connectivity index (χ1v) is 4.98. The zero-order chi connectivity index (χ0) is 10.8. The van der Waals surface area contributed by atoms with Crippen molar-refractivity contribution in [1.82, 2.24) is 0 Å². The van der Waals surface area contributed by atoms with Gasteiger partial charge in [-0.2, -0.15) is 8.42 Å². The van der Waals surface area contributed by atoms with Gasteiger partial charge in [0.05, 0.1) is 5.69 Å². The van der Waals surface area contributed by atoms with Gasteiger partial charge in [0.25, 0.3) is 0 Å². The van der Waals surface area contributed by atoms with Crippen LogP contribution in [0.3, 0.4) is 0 Å². The van der Waals surface area contributed by atoms with Crippen molar-refractivity contribution in [3.8, 4) is 0 Å². The van der Waals surface area contributed by atoms with Crippen molar-refractivity contribution in [3.63, 3.8) is 0 Å². The van der Waals surface area contributed by atoms with E-state index in [4.69, 9.17) is 10.4 Å². The number of carbonyl (C=O) groups excluding carboxylic acids is 1. The molecule has 6 nitrogen and oxygen atoms in total. The molecule has 76 valence electrons. The predicted molar refractivity (Wildman–Crippen MR) is 50.1 cm³/mol. The number of nitrogens with two attached hydrogens (primary N) is 1. The molecule has 0 heterocycles. The highest BCUT2D eigenvalue weighted by atomic mass is 32.2. The van der Waals surface area contributed by atoms with Gasteiger partial charge in [0.1, 0.15) is 0 Å². The van der Waals surface area contributed by atoms with E-state index in [0.717, 1.165) is 0 Å². The number of amides is 1. The number of hydrogen-bond acceptors (Lipinski definition) is 4. The third-order valence-corrected chi connectivity index (χ3v) is 2.09. The third-order valence-electron chi connectivity index (χ3n) is 1.45. The number of carbonyl (C=O) groups is 1. The SMILES string of the molecule is NN(C(=O)S(=O)(=O)O)c1ccccc1. The second-order valence-corrected chi connectivity index (χ2v) is 3.75. The highest BCUT2D eigenvalue weighted by Gasteiger charge is 2.24. The van der Waals surface area contributed by atoms with Crippen molar-refractivity contribution in [2.24, 2.45) is 5.84 Å². The number of para-hydroxylation sites is 1. The summed E-state index contributed by atoms with van der Waals surface area (Å²) >= 11 is 0. The van der Waals surface area contributed by atoms with E-state index in [9.17, 15) is 13.2 Å². The Balaban J connectivity index is 2.99. The second kappa shape index (κ2) is 3.74. The molecule has 0 radical (unpaired) electrons. The molecule has 1 rings (SSSR count). The zero-order valence-electron chi connectivity index (χ0n) is 6.99. The smallest absolute Gasteiger partial charge is 0.278 e. The number of hydrazine groups is 1. The molecule has 0 fully saturated rings. The Labute approximate surface area is 80.7 Å². The van der Waals surface area contributed by atoms with Gasteiger partial charge in [-0.3, -0.25) is 9.35 Å². The number of hydrogen-bond donors (Lipinski definition) is 2. The zero-order valence-corrected chi connectivity index (χ0v) is 7.81. The van der Waals surface area contributed by atoms with Crippen LogP contribution in [0.2, 0.25) is 0 Å². The molecule has 0 unspecified atom stereocenters. The topological polar surface area (TPSA) is 101 Å². The fraction of sp³-hybridized carbons (Fsp3) is 0. The first-order chi connectivity index (χ1) is 6.43. The molecular weight excluding hydrogens is 208 g/mol. The largest absolute Gasteiger partial charge is 0.384 e. The molecular formula is C7H8N2O4S. The van der Waals surface area contributed by atoms with Crippen LogP contribution >= 0.6 is 0 Å². The van der Waals surface area contributed by atoms with E-state index in [1.165, 1.54) is 12.1 Å². The molecule has 3 N–H and O–H groups in total. The van der Waals surface area contributed by atoms with Crippen LogP contribution in [-0.2, 0) is 10.1 Å². The lowest BCUT2D eigenvalue weighted by molar-refractivity contribution is 0.260. The van der Waals surface area contributed by atoms with Crippen LogP contribution in [-0.4, -0.2) is 18.2 Å². The maximum atomic E-state index is 10.9. The third kappa shape index (κ3) is 2.28. The van der Waals surface area contributed by atoms with Crippen LogP contribution in [0.4, 0.5) is 10.5 Å². The first-order valence-electron chi connectivity index (χ1n) is 3.54. The Bertz CT molecular complexity index is 428. The van der Waals surface area contributed by atoms with Gasteiger partial charge in [0, 0.05) is 0 Å². The monoisotopic (exact) mass is 216 g/mol. The second-order valence-electron chi connectivity index (χ2n) is 2.45. The normalized spacial score (nSPS) is 11.0. The summed E-state index contributed by atoms with van der Waals surface area (Å²) in [5.74, 6) is 5.17. The number of benzene rings is 1. The summed E-state index contributed by atoms with van der Waals surface area (Å²) in [6.07, 6.45) is 0. The van der Waals surface area contributed by atoms with Crippen molar-refractivity contribution in [1.29, 1.82) is 0 Å². The summed E-state index contributed by atoms with van der Waals surface area (Å²) in [5, 5.41) is -1.21. The van der Waals surface area contributed by atoms with Gasteiger partial charge >= 0.3 is 15.4 Å². The van der Waals surface area contributed by atoms with Crippen molar-refractivity contribution < 1.29 is 17.8 Å². The Morgan fingerprint density at radius 3 is 2.21 bits per heavy atom. The number of anilines is 1. The highest BCUT2D eigenvalue weighted by Crippen LogP contribution is 2.11. The lowest BCUT2D eigenvalue weighted by Crippen LogP contribution is -2.40. The van der Waals surface area contributed by atoms with Crippen molar-refractivity contribution in [3.05, 3.63) is 30.3 Å². The van der Waals surface area contributed by atoms with Gasteiger partial charge in [-0.25, -0.2) is 10.9 Å². The van der Waals surface area contributed by atoms with Gasteiger partial charge in [-0.1, -0.05) is 18.2 Å². The molecule has 0 aliphatic carbocycles. The standard InChI is InChI=1S/C7H8N2O4S/c8-9(7(10)14(11,12)13)6-4-2-1-3-5-6/h1-5H,8H2,(H,11,12,13). The minimum atomic E-state index is -4.79. The summed E-state index contributed by atoms with van der Waals surface area (Å²) in [7, 11) is -4.79. The summed E-state index contributed by atoms with van der Waals surface area (Å²) in [4.78, 5) is 10.9. The van der Waals surface area contributed by atoms with Crippen LogP contribution in [0, 0.1) is 0 Å². The van der Waals surface area contributed by atoms with Crippen molar-refractivity contribution >= 4 is 21.0 Å². The molecule has 14 heavy (non-hydrogen) atoms. The molecule has 1 amide bonds. The van der Waals surface area contributed by atoms with Gasteiger partial charge in [-0.05, 0) is 12.1 Å². The number of rotatable bonds is 1. The van der Waals surface area contributed by atoms with E-state index in [1.807, 2.05) is 0 Å². The summed E-state index contributed by atoms with van der Waals surface area (Å²) < 4.78 is 29.3. The summed E-state index contributed by atoms with van der Waals surface area (Å²) in [6.45, 7) is 0. The van der Waals surface area contributed by atoms with Gasteiger partial charge < -0.3 is 0 Å². The Morgan fingerprint density at radius 2 is 1.79 bits per heavy atom. The summed E-state index contributed by atoms with van der Waals surface area (Å²) in [6, 6.07) is 7.69. The quantitative estimate of drug-likeness (QED) is 0.306. The van der Waals surface area contributed by atoms with Crippen LogP contribution in [0.15, 0.2) is 30.3 Å². The van der Waals surface area contributed by atoms with E-state index in [-0.39, 0.29) is 5.69 Å². The van der Waals surface area contributed by atoms with Gasteiger partial charge in [0.15, 0.2) is 0 Å². The van der Waals surface area contributed by atoms with Crippen LogP contribution in [0.5, 0.6) is 0 Å². The Kier molecular flexibility index (Phi) is 2.84. The molecule has 0 spiro atoms. The lowest BCUT2D eigenvalue weighted by Gasteiger charge is -2.13. The van der Waals surface area contributed by atoms with E-state index in [2.05, 4.69) is 0 Å². The van der Waals surface area contributed by atoms with Crippen LogP contribution < -0.4 is 10.9 Å². The first kappa shape index (κ1) is 10.6. The summed E-state index contributed by atoms with van der Waals surface area (Å²) in [5.41, 5.74) is 0.176. The van der Waals surface area contributed by atoms with Gasteiger partial charge in [-0.15, -0.1) is 0 Å². The molecule has 0 aromatic heterocycles. The molecule has 7 heteroatoms. The van der Waals surface area contributed by atoms with Crippen molar-refractivity contribution in [2.45, 2.75) is 0 Å². The van der Waals surface area contributed by atoms with Crippen LogP contribution in [0.1, 0.15) is 0 Å². The van der Waals surface area contributed by atoms with Crippen molar-refractivity contribution in [2.75, 3.05) is 5.01 Å². The fourth-order valence-corrected chi connectivity index (χ4v) is 1.17. The Morgan fingerprint density at radius 1 is 1.29 bits per heavy atom. The fourth-order valence-electron chi connectivity index (χ4n) is 0.818. The maximum absolute atomic E-state index is 10.9. The van der Waals surface area contributed by atoms with E-state index in [1.54, 1.807) is 18.2 Å². The Hall–Kier alpha value is -1.44. The van der Waals surface area contributed by atoms with E-state index in [0.29, 0.717) is 5.01 Å². The van der Waals surface area contributed by atoms with Crippen LogP contribution in [0.25, 0.3) is 0 Å². The molecule has 0 atom stereocenters. The molecule has 0 aliphatic heterocycles. The molecule has 1 aromatic carbocycles. The molecule has 0 saturated carbocycles. The molecule has 0 aliphatic rings. The molecule has 0 bridgehead atoms.